The molecule has 2 aliphatic rings. The number of hydrogen-bond acceptors (Lipinski definition) is 4. The Morgan fingerprint density at radius 3 is 2.87 bits per heavy atom. The standard InChI is InChI=1S/C18H25N3O2/c1-18(2,3)23-17(22)19-14-8-6-10-21(12-14)16-11-13-7-4-5-9-15(13)20-16/h4-5,7,9,14H,6,8,10-12H2,1-3H3,(H,19,22)/t14-/m1/s1. The molecule has 0 unspecified atom stereocenters. The second-order valence-electron chi connectivity index (χ2n) is 7.26. The third-order valence-electron chi connectivity index (χ3n) is 4.10. The number of fused-ring (bicyclic) bond motifs is 1. The molecule has 1 amide bonds. The Labute approximate surface area is 137 Å². The molecule has 1 fully saturated rings. The molecular weight excluding hydrogens is 290 g/mol. The van der Waals surface area contributed by atoms with Gasteiger partial charge in [-0.05, 0) is 45.2 Å². The van der Waals surface area contributed by atoms with Crippen LogP contribution in [0.3, 0.4) is 0 Å². The Morgan fingerprint density at radius 2 is 2.13 bits per heavy atom. The third-order valence-corrected chi connectivity index (χ3v) is 4.10. The summed E-state index contributed by atoms with van der Waals surface area (Å²) in [6.45, 7) is 7.43. The first-order valence-electron chi connectivity index (χ1n) is 8.31. The van der Waals surface area contributed by atoms with E-state index in [9.17, 15) is 4.79 Å². The minimum absolute atomic E-state index is 0.116. The van der Waals surface area contributed by atoms with Gasteiger partial charge in [-0.15, -0.1) is 0 Å². The van der Waals surface area contributed by atoms with Gasteiger partial charge in [-0.25, -0.2) is 9.79 Å². The number of carbonyl (C=O) groups excluding carboxylic acids is 1. The maximum Gasteiger partial charge on any atom is 0.407 e. The van der Waals surface area contributed by atoms with Gasteiger partial charge in [-0.1, -0.05) is 18.2 Å². The van der Waals surface area contributed by atoms with Gasteiger partial charge in [-0.3, -0.25) is 0 Å². The third kappa shape index (κ3) is 4.03. The van der Waals surface area contributed by atoms with Crippen molar-refractivity contribution in [1.29, 1.82) is 0 Å². The van der Waals surface area contributed by atoms with Crippen molar-refractivity contribution < 1.29 is 9.53 Å². The molecule has 1 N–H and O–H groups in total. The van der Waals surface area contributed by atoms with Crippen LogP contribution >= 0.6 is 0 Å². The monoisotopic (exact) mass is 315 g/mol. The van der Waals surface area contributed by atoms with Crippen molar-refractivity contribution in [2.45, 2.75) is 51.7 Å². The van der Waals surface area contributed by atoms with Crippen molar-refractivity contribution >= 4 is 17.6 Å². The first-order chi connectivity index (χ1) is 10.9. The van der Waals surface area contributed by atoms with Gasteiger partial charge in [0, 0.05) is 25.6 Å². The molecule has 124 valence electrons. The van der Waals surface area contributed by atoms with Gasteiger partial charge in [0.25, 0.3) is 0 Å². The Hall–Kier alpha value is -2.04. The Balaban J connectivity index is 1.58. The number of rotatable bonds is 1. The van der Waals surface area contributed by atoms with Gasteiger partial charge in [0.15, 0.2) is 0 Å². The van der Waals surface area contributed by atoms with Gasteiger partial charge in [-0.2, -0.15) is 0 Å². The molecule has 1 aromatic carbocycles. The summed E-state index contributed by atoms with van der Waals surface area (Å²) >= 11 is 0. The average molecular weight is 315 g/mol. The number of piperidine rings is 1. The SMILES string of the molecule is CC(C)(C)OC(=O)N[C@@H]1CCCN(C2=Nc3ccccc3C2)C1. The van der Waals surface area contributed by atoms with Gasteiger partial charge < -0.3 is 15.0 Å². The molecule has 2 aliphatic heterocycles. The number of para-hydroxylation sites is 1. The van der Waals surface area contributed by atoms with E-state index in [4.69, 9.17) is 9.73 Å². The van der Waals surface area contributed by atoms with Crippen molar-refractivity contribution in [2.24, 2.45) is 4.99 Å². The summed E-state index contributed by atoms with van der Waals surface area (Å²) in [6.07, 6.45) is 2.59. The lowest BCUT2D eigenvalue weighted by molar-refractivity contribution is 0.0485. The summed E-state index contributed by atoms with van der Waals surface area (Å²) in [6, 6.07) is 8.38. The van der Waals surface area contributed by atoms with E-state index >= 15 is 0 Å². The molecule has 1 saturated heterocycles. The Kier molecular flexibility index (Phi) is 4.28. The average Bonchev–Trinajstić information content (AvgIpc) is 2.89. The predicted octanol–water partition coefficient (Wildman–Crippen LogP) is 3.26. The number of nitrogens with zero attached hydrogens (tertiary/aromatic N) is 2. The summed E-state index contributed by atoms with van der Waals surface area (Å²) in [5, 5.41) is 2.99. The van der Waals surface area contributed by atoms with Gasteiger partial charge in [0.1, 0.15) is 11.4 Å². The number of carbonyl (C=O) groups is 1. The highest BCUT2D eigenvalue weighted by atomic mass is 16.6. The number of aliphatic imine (C=N–C) groups is 1. The maximum atomic E-state index is 12.0. The molecule has 0 radical (unpaired) electrons. The second kappa shape index (κ2) is 6.22. The van der Waals surface area contributed by atoms with E-state index in [1.165, 1.54) is 5.56 Å². The number of nitrogens with one attached hydrogen (secondary N) is 1. The molecule has 0 bridgehead atoms. The fourth-order valence-electron chi connectivity index (χ4n) is 3.10. The van der Waals surface area contributed by atoms with Crippen molar-refractivity contribution in [3.63, 3.8) is 0 Å². The Morgan fingerprint density at radius 1 is 1.35 bits per heavy atom. The smallest absolute Gasteiger partial charge is 0.407 e. The first kappa shape index (κ1) is 15.8. The molecule has 1 atom stereocenters. The highest BCUT2D eigenvalue weighted by Gasteiger charge is 2.27. The molecule has 0 saturated carbocycles. The van der Waals surface area contributed by atoms with Crippen molar-refractivity contribution in [3.8, 4) is 0 Å². The number of ether oxygens (including phenoxy) is 1. The lowest BCUT2D eigenvalue weighted by atomic mass is 10.0. The van der Waals surface area contributed by atoms with E-state index in [0.29, 0.717) is 0 Å². The van der Waals surface area contributed by atoms with Crippen LogP contribution in [0.5, 0.6) is 0 Å². The minimum atomic E-state index is -0.463. The van der Waals surface area contributed by atoms with Crippen LogP contribution in [0.25, 0.3) is 0 Å². The zero-order valence-electron chi connectivity index (χ0n) is 14.1. The van der Waals surface area contributed by atoms with Gasteiger partial charge in [0.05, 0.1) is 5.69 Å². The quantitative estimate of drug-likeness (QED) is 0.865. The van der Waals surface area contributed by atoms with E-state index in [1.807, 2.05) is 26.8 Å². The topological polar surface area (TPSA) is 53.9 Å². The summed E-state index contributed by atoms with van der Waals surface area (Å²) < 4.78 is 5.35. The molecule has 2 heterocycles. The van der Waals surface area contributed by atoms with Crippen LogP contribution in [0, 0.1) is 0 Å². The fourth-order valence-corrected chi connectivity index (χ4v) is 3.10. The van der Waals surface area contributed by atoms with Crippen molar-refractivity contribution in [2.75, 3.05) is 13.1 Å². The largest absolute Gasteiger partial charge is 0.444 e. The van der Waals surface area contributed by atoms with E-state index in [2.05, 4.69) is 28.4 Å². The molecule has 23 heavy (non-hydrogen) atoms. The van der Waals surface area contributed by atoms with E-state index < -0.39 is 5.60 Å². The lowest BCUT2D eigenvalue weighted by Crippen LogP contribution is -2.50. The number of likely N-dealkylation sites (tertiary alicyclic amines) is 1. The van der Waals surface area contributed by atoms with Crippen LogP contribution in [-0.2, 0) is 11.2 Å². The summed E-state index contributed by atoms with van der Waals surface area (Å²) in [5.74, 6) is 1.11. The van der Waals surface area contributed by atoms with Crippen molar-refractivity contribution in [1.82, 2.24) is 10.2 Å². The normalized spacial score (nSPS) is 20.7. The molecule has 5 nitrogen and oxygen atoms in total. The zero-order valence-corrected chi connectivity index (χ0v) is 14.1. The van der Waals surface area contributed by atoms with Crippen LogP contribution in [-0.4, -0.2) is 41.6 Å². The first-order valence-corrected chi connectivity index (χ1v) is 8.31. The second-order valence-corrected chi connectivity index (χ2v) is 7.26. The maximum absolute atomic E-state index is 12.0. The number of amidine groups is 1. The molecule has 0 aromatic heterocycles. The summed E-state index contributed by atoms with van der Waals surface area (Å²) in [7, 11) is 0. The van der Waals surface area contributed by atoms with Crippen LogP contribution in [0.15, 0.2) is 29.3 Å². The zero-order chi connectivity index (χ0) is 16.4. The Bertz CT molecular complexity index is 619. The number of benzene rings is 1. The fraction of sp³-hybridized carbons (Fsp3) is 0.556. The molecule has 0 aliphatic carbocycles. The molecule has 0 spiro atoms. The highest BCUT2D eigenvalue weighted by molar-refractivity contribution is 5.92. The van der Waals surface area contributed by atoms with Crippen LogP contribution in [0.4, 0.5) is 10.5 Å². The van der Waals surface area contributed by atoms with Crippen LogP contribution < -0.4 is 5.32 Å². The predicted molar refractivity (Wildman–Crippen MR) is 91.2 cm³/mol. The number of hydrogen-bond donors (Lipinski definition) is 1. The number of alkyl carbamates (subject to hydrolysis) is 1. The minimum Gasteiger partial charge on any atom is -0.444 e. The van der Waals surface area contributed by atoms with Gasteiger partial charge >= 0.3 is 6.09 Å². The molecule has 1 aromatic rings. The molecular formula is C18H25N3O2. The summed E-state index contributed by atoms with van der Waals surface area (Å²) in [5.41, 5.74) is 1.89. The summed E-state index contributed by atoms with van der Waals surface area (Å²) in [4.78, 5) is 19.0. The van der Waals surface area contributed by atoms with E-state index in [-0.39, 0.29) is 12.1 Å². The van der Waals surface area contributed by atoms with Crippen LogP contribution in [0.1, 0.15) is 39.2 Å². The molecule has 5 heteroatoms. The van der Waals surface area contributed by atoms with Crippen molar-refractivity contribution in [3.05, 3.63) is 29.8 Å². The molecule has 3 rings (SSSR count). The van der Waals surface area contributed by atoms with E-state index in [0.717, 1.165) is 43.9 Å². The van der Waals surface area contributed by atoms with Crippen LogP contribution in [0.2, 0.25) is 0 Å². The number of amides is 1. The highest BCUT2D eigenvalue weighted by Crippen LogP contribution is 2.28. The van der Waals surface area contributed by atoms with Gasteiger partial charge in [0.2, 0.25) is 0 Å². The lowest BCUT2D eigenvalue weighted by Gasteiger charge is -2.34. The van der Waals surface area contributed by atoms with E-state index in [1.54, 1.807) is 0 Å².